The minimum Gasteiger partial charge on any atom is -0.324 e. The Kier molecular flexibility index (Phi) is 9.38. The summed E-state index contributed by atoms with van der Waals surface area (Å²) in [6.07, 6.45) is 0.465. The molecule has 0 radical (unpaired) electrons. The molecule has 12 heteroatoms. The molecule has 0 aliphatic carbocycles. The predicted molar refractivity (Wildman–Crippen MR) is 183 cm³/mol. The SMILES string of the molecule is N#Cc1cc(Cc2ccc(NC(=O)CSc3nc4ccccc4s3)c(C#N)c2)ccc1NC(=O)CSc1nc2ccccc2s1. The van der Waals surface area contributed by atoms with Gasteiger partial charge in [0.15, 0.2) is 8.68 Å². The Morgan fingerprint density at radius 1 is 0.667 bits per heavy atom. The number of aromatic nitrogens is 2. The number of nitriles is 2. The monoisotopic (exact) mass is 662 g/mol. The van der Waals surface area contributed by atoms with E-state index < -0.39 is 0 Å². The van der Waals surface area contributed by atoms with Gasteiger partial charge in [-0.3, -0.25) is 9.59 Å². The number of nitrogens with one attached hydrogen (secondary N) is 2. The van der Waals surface area contributed by atoms with Crippen molar-refractivity contribution in [2.24, 2.45) is 0 Å². The van der Waals surface area contributed by atoms with Gasteiger partial charge < -0.3 is 10.6 Å². The van der Waals surface area contributed by atoms with Gasteiger partial charge >= 0.3 is 0 Å². The van der Waals surface area contributed by atoms with Crippen molar-refractivity contribution in [2.75, 3.05) is 22.1 Å². The first kappa shape index (κ1) is 30.3. The smallest absolute Gasteiger partial charge is 0.234 e. The second-order valence-electron chi connectivity index (χ2n) is 9.73. The van der Waals surface area contributed by atoms with Crippen LogP contribution < -0.4 is 10.6 Å². The Balaban J connectivity index is 1.05. The minimum absolute atomic E-state index is 0.174. The van der Waals surface area contributed by atoms with E-state index >= 15 is 0 Å². The summed E-state index contributed by atoms with van der Waals surface area (Å²) in [7, 11) is 0. The summed E-state index contributed by atoms with van der Waals surface area (Å²) in [6, 6.07) is 30.6. The van der Waals surface area contributed by atoms with E-state index in [2.05, 4.69) is 32.7 Å². The molecule has 0 bridgehead atoms. The highest BCUT2D eigenvalue weighted by molar-refractivity contribution is 8.02. The molecule has 0 aliphatic heterocycles. The van der Waals surface area contributed by atoms with Crippen LogP contribution >= 0.6 is 46.2 Å². The highest BCUT2D eigenvalue weighted by atomic mass is 32.2. The fourth-order valence-electron chi connectivity index (χ4n) is 4.49. The molecule has 2 N–H and O–H groups in total. The lowest BCUT2D eigenvalue weighted by molar-refractivity contribution is -0.114. The van der Waals surface area contributed by atoms with Crippen LogP contribution in [-0.4, -0.2) is 33.3 Å². The zero-order valence-electron chi connectivity index (χ0n) is 23.4. The summed E-state index contributed by atoms with van der Waals surface area (Å²) in [5.74, 6) is -0.101. The number of nitrogens with zero attached hydrogens (tertiary/aromatic N) is 4. The zero-order chi connectivity index (χ0) is 31.2. The number of thiazole rings is 2. The molecule has 0 spiro atoms. The Bertz CT molecular complexity index is 1930. The van der Waals surface area contributed by atoms with Crippen LogP contribution in [0.25, 0.3) is 20.4 Å². The maximum Gasteiger partial charge on any atom is 0.234 e. The molecular formula is C33H22N6O2S4. The quantitative estimate of drug-likeness (QED) is 0.143. The number of hydrogen-bond acceptors (Lipinski definition) is 10. The van der Waals surface area contributed by atoms with Gasteiger partial charge in [-0.1, -0.05) is 59.9 Å². The first-order valence-electron chi connectivity index (χ1n) is 13.6. The summed E-state index contributed by atoms with van der Waals surface area (Å²) in [5.41, 5.74) is 5.09. The van der Waals surface area contributed by atoms with Crippen LogP contribution in [0.3, 0.4) is 0 Å². The van der Waals surface area contributed by atoms with Crippen LogP contribution in [0.2, 0.25) is 0 Å². The van der Waals surface area contributed by atoms with Gasteiger partial charge in [0.05, 0.1) is 54.4 Å². The van der Waals surface area contributed by atoms with Gasteiger partial charge in [-0.2, -0.15) is 10.5 Å². The van der Waals surface area contributed by atoms with Crippen LogP contribution in [0.15, 0.2) is 93.6 Å². The third-order valence-corrected chi connectivity index (χ3v) is 10.9. The number of carbonyl (C=O) groups is 2. The van der Waals surface area contributed by atoms with Crippen LogP contribution in [0, 0.1) is 22.7 Å². The molecule has 0 aliphatic rings. The van der Waals surface area contributed by atoms with E-state index in [0.717, 1.165) is 40.2 Å². The summed E-state index contributed by atoms with van der Waals surface area (Å²) in [6.45, 7) is 0. The fourth-order valence-corrected chi connectivity index (χ4v) is 8.23. The molecule has 0 fully saturated rings. The molecule has 6 rings (SSSR count). The highest BCUT2D eigenvalue weighted by Gasteiger charge is 2.13. The van der Waals surface area contributed by atoms with Crippen molar-refractivity contribution in [3.05, 3.63) is 107 Å². The molecule has 2 aromatic heterocycles. The van der Waals surface area contributed by atoms with Crippen molar-refractivity contribution in [2.45, 2.75) is 15.1 Å². The van der Waals surface area contributed by atoms with Crippen LogP contribution in [-0.2, 0) is 16.0 Å². The normalized spacial score (nSPS) is 10.8. The van der Waals surface area contributed by atoms with E-state index in [0.29, 0.717) is 28.9 Å². The van der Waals surface area contributed by atoms with E-state index in [4.69, 9.17) is 0 Å². The predicted octanol–water partition coefficient (Wildman–Crippen LogP) is 7.70. The van der Waals surface area contributed by atoms with E-state index in [9.17, 15) is 20.1 Å². The number of hydrogen-bond donors (Lipinski definition) is 2. The average Bonchev–Trinajstić information content (AvgIpc) is 3.68. The van der Waals surface area contributed by atoms with Crippen molar-refractivity contribution < 1.29 is 9.59 Å². The number of anilines is 2. The van der Waals surface area contributed by atoms with Gasteiger partial charge in [0.25, 0.3) is 0 Å². The molecule has 0 unspecified atom stereocenters. The van der Waals surface area contributed by atoms with Gasteiger partial charge in [-0.05, 0) is 66.1 Å². The Labute approximate surface area is 275 Å². The van der Waals surface area contributed by atoms with Gasteiger partial charge in [-0.25, -0.2) is 9.97 Å². The molecule has 220 valence electrons. The van der Waals surface area contributed by atoms with Crippen molar-refractivity contribution in [3.8, 4) is 12.1 Å². The molecule has 2 amide bonds. The lowest BCUT2D eigenvalue weighted by Crippen LogP contribution is -2.15. The van der Waals surface area contributed by atoms with Crippen molar-refractivity contribution in [1.29, 1.82) is 10.5 Å². The summed E-state index contributed by atoms with van der Waals surface area (Å²) >= 11 is 5.80. The zero-order valence-corrected chi connectivity index (χ0v) is 26.7. The van der Waals surface area contributed by atoms with Gasteiger partial charge in [0.2, 0.25) is 11.8 Å². The number of carbonyl (C=O) groups excluding carboxylic acids is 2. The van der Waals surface area contributed by atoms with E-state index in [1.807, 2.05) is 60.7 Å². The first-order valence-corrected chi connectivity index (χ1v) is 17.2. The molecule has 45 heavy (non-hydrogen) atoms. The second kappa shape index (κ2) is 13.9. The van der Waals surface area contributed by atoms with Crippen molar-refractivity contribution in [1.82, 2.24) is 9.97 Å². The van der Waals surface area contributed by atoms with Crippen LogP contribution in [0.1, 0.15) is 22.3 Å². The van der Waals surface area contributed by atoms with Crippen LogP contribution in [0.5, 0.6) is 0 Å². The molecule has 4 aromatic carbocycles. The topological polar surface area (TPSA) is 132 Å². The number of thioether (sulfide) groups is 2. The van der Waals surface area contributed by atoms with Gasteiger partial charge in [0, 0.05) is 0 Å². The molecule has 0 saturated heterocycles. The highest BCUT2D eigenvalue weighted by Crippen LogP contribution is 2.31. The van der Waals surface area contributed by atoms with E-state index in [1.165, 1.54) is 46.2 Å². The fraction of sp³-hybridized carbons (Fsp3) is 0.0909. The van der Waals surface area contributed by atoms with Crippen molar-refractivity contribution in [3.63, 3.8) is 0 Å². The maximum atomic E-state index is 12.6. The summed E-state index contributed by atoms with van der Waals surface area (Å²) in [4.78, 5) is 34.4. The summed E-state index contributed by atoms with van der Waals surface area (Å²) < 4.78 is 3.76. The molecule has 2 heterocycles. The molecular weight excluding hydrogens is 641 g/mol. The average molecular weight is 663 g/mol. The number of amides is 2. The molecule has 8 nitrogen and oxygen atoms in total. The lowest BCUT2D eigenvalue weighted by atomic mass is 10.00. The van der Waals surface area contributed by atoms with Crippen molar-refractivity contribution >= 4 is 89.8 Å². The standard InChI is InChI=1S/C33H22N6O2S4/c34-16-22-14-20(9-11-24(22)36-30(40)18-42-32-38-26-5-1-3-7-28(26)44-32)13-21-10-12-25(23(15-21)17-35)37-31(41)19-43-33-39-27-6-2-4-8-29(27)45-33/h1-12,14-15H,13,18-19H2,(H,36,40)(H,37,41). The molecule has 6 aromatic rings. The Morgan fingerprint density at radius 3 is 1.53 bits per heavy atom. The van der Waals surface area contributed by atoms with E-state index in [1.54, 1.807) is 24.3 Å². The summed E-state index contributed by atoms with van der Waals surface area (Å²) in [5, 5.41) is 25.2. The van der Waals surface area contributed by atoms with E-state index in [-0.39, 0.29) is 23.3 Å². The van der Waals surface area contributed by atoms with Crippen LogP contribution in [0.4, 0.5) is 11.4 Å². The third kappa shape index (κ3) is 7.51. The van der Waals surface area contributed by atoms with Gasteiger partial charge in [-0.15, -0.1) is 22.7 Å². The lowest BCUT2D eigenvalue weighted by Gasteiger charge is -2.11. The third-order valence-electron chi connectivity index (χ3n) is 6.57. The second-order valence-corrected chi connectivity index (χ2v) is 14.2. The molecule has 0 atom stereocenters. The number of fused-ring (bicyclic) bond motifs is 2. The number of benzene rings is 4. The number of para-hydroxylation sites is 2. The maximum absolute atomic E-state index is 12.6. The molecule has 0 saturated carbocycles. The first-order chi connectivity index (χ1) is 22.0. The Hall–Kier alpha value is -4.72. The largest absolute Gasteiger partial charge is 0.324 e. The Morgan fingerprint density at radius 2 is 1.11 bits per heavy atom. The minimum atomic E-state index is -0.224. The van der Waals surface area contributed by atoms with Gasteiger partial charge in [0.1, 0.15) is 12.1 Å². The number of rotatable bonds is 10.